The number of hydrogen-bond donors (Lipinski definition) is 1. The maximum absolute atomic E-state index is 11.2. The summed E-state index contributed by atoms with van der Waals surface area (Å²) in [5.41, 5.74) is 2.17. The van der Waals surface area contributed by atoms with Crippen LogP contribution in [0.25, 0.3) is 0 Å². The predicted molar refractivity (Wildman–Crippen MR) is 63.5 cm³/mol. The molecule has 0 spiro atoms. The quantitative estimate of drug-likeness (QED) is 0.645. The van der Waals surface area contributed by atoms with Gasteiger partial charge in [0.25, 0.3) is 0 Å². The van der Waals surface area contributed by atoms with Gasteiger partial charge in [0.2, 0.25) is 0 Å². The summed E-state index contributed by atoms with van der Waals surface area (Å²) < 4.78 is 4.58. The highest BCUT2D eigenvalue weighted by molar-refractivity contribution is 7.80. The van der Waals surface area contributed by atoms with Gasteiger partial charge >= 0.3 is 5.97 Å². The number of thiol groups is 1. The number of carbonyl (C=O) groups excluding carboxylic acids is 1. The highest BCUT2D eigenvalue weighted by Gasteiger charge is 2.12. The fourth-order valence-corrected chi connectivity index (χ4v) is 1.79. The van der Waals surface area contributed by atoms with Gasteiger partial charge in [0.05, 0.1) is 25.2 Å². The van der Waals surface area contributed by atoms with Crippen LogP contribution in [0.1, 0.15) is 23.6 Å². The Balaban J connectivity index is 3.18. The number of benzene rings is 1. The Hall–Kier alpha value is -1.47. The molecule has 84 valence electrons. The third-order valence-electron chi connectivity index (χ3n) is 2.36. The molecular weight excluding hydrogens is 222 g/mol. The lowest BCUT2D eigenvalue weighted by Gasteiger charge is -2.08. The van der Waals surface area contributed by atoms with Crippen LogP contribution in [-0.4, -0.2) is 13.1 Å². The van der Waals surface area contributed by atoms with E-state index < -0.39 is 0 Å². The highest BCUT2D eigenvalue weighted by atomic mass is 32.1. The van der Waals surface area contributed by atoms with E-state index >= 15 is 0 Å². The van der Waals surface area contributed by atoms with Crippen molar-refractivity contribution in [3.05, 3.63) is 28.8 Å². The van der Waals surface area contributed by atoms with E-state index in [0.29, 0.717) is 16.0 Å². The van der Waals surface area contributed by atoms with Crippen molar-refractivity contribution in [3.8, 4) is 6.07 Å². The van der Waals surface area contributed by atoms with Gasteiger partial charge in [-0.2, -0.15) is 5.26 Å². The van der Waals surface area contributed by atoms with Crippen LogP contribution < -0.4 is 0 Å². The van der Waals surface area contributed by atoms with Gasteiger partial charge in [-0.15, -0.1) is 12.6 Å². The Bertz CT molecular complexity index is 449. The number of hydrogen-bond acceptors (Lipinski definition) is 4. The summed E-state index contributed by atoms with van der Waals surface area (Å²) in [5, 5.41) is 9.01. The lowest BCUT2D eigenvalue weighted by Crippen LogP contribution is -2.07. The fraction of sp³-hybridized carbons (Fsp3) is 0.333. The average molecular weight is 235 g/mol. The minimum atomic E-state index is -0.365. The highest BCUT2D eigenvalue weighted by Crippen LogP contribution is 2.22. The van der Waals surface area contributed by atoms with Gasteiger partial charge in [0, 0.05) is 4.90 Å². The molecule has 0 aliphatic rings. The van der Waals surface area contributed by atoms with Gasteiger partial charge in [0.1, 0.15) is 0 Å². The van der Waals surface area contributed by atoms with Crippen LogP contribution in [0.3, 0.4) is 0 Å². The lowest BCUT2D eigenvalue weighted by atomic mass is 10.0. The first kappa shape index (κ1) is 12.6. The molecule has 0 amide bonds. The molecule has 0 aliphatic heterocycles. The molecule has 0 N–H and O–H groups in total. The van der Waals surface area contributed by atoms with E-state index in [-0.39, 0.29) is 12.4 Å². The van der Waals surface area contributed by atoms with Crippen LogP contribution in [-0.2, 0) is 22.4 Å². The molecule has 1 rings (SSSR count). The van der Waals surface area contributed by atoms with E-state index in [2.05, 4.69) is 23.4 Å². The summed E-state index contributed by atoms with van der Waals surface area (Å²) in [5.74, 6) is -0.365. The van der Waals surface area contributed by atoms with E-state index in [1.54, 1.807) is 6.07 Å². The number of ether oxygens (including phenoxy) is 1. The van der Waals surface area contributed by atoms with Gasteiger partial charge in [-0.05, 0) is 29.7 Å². The number of aryl methyl sites for hydroxylation is 1. The van der Waals surface area contributed by atoms with Crippen LogP contribution in [0.15, 0.2) is 17.0 Å². The Morgan fingerprint density at radius 2 is 2.25 bits per heavy atom. The number of nitrogens with zero attached hydrogens (tertiary/aromatic N) is 1. The largest absolute Gasteiger partial charge is 0.469 e. The van der Waals surface area contributed by atoms with Crippen molar-refractivity contribution in [2.24, 2.45) is 0 Å². The molecule has 0 bridgehead atoms. The maximum Gasteiger partial charge on any atom is 0.310 e. The molecular formula is C12H13NO2S. The van der Waals surface area contributed by atoms with Crippen LogP contribution >= 0.6 is 12.6 Å². The van der Waals surface area contributed by atoms with Crippen molar-refractivity contribution >= 4 is 18.6 Å². The molecule has 16 heavy (non-hydrogen) atoms. The predicted octanol–water partition coefficient (Wildman–Crippen LogP) is 2.12. The SMILES string of the molecule is CCc1cc(S)c(CC(=O)OC)c(C#N)c1. The van der Waals surface area contributed by atoms with Gasteiger partial charge in [0.15, 0.2) is 0 Å². The second kappa shape index (κ2) is 5.57. The first-order valence-electron chi connectivity index (χ1n) is 4.94. The van der Waals surface area contributed by atoms with Crippen molar-refractivity contribution in [2.75, 3.05) is 7.11 Å². The molecule has 0 saturated heterocycles. The lowest BCUT2D eigenvalue weighted by molar-refractivity contribution is -0.139. The molecule has 0 unspecified atom stereocenters. The summed E-state index contributed by atoms with van der Waals surface area (Å²) in [7, 11) is 1.33. The normalized spacial score (nSPS) is 9.62. The van der Waals surface area contributed by atoms with Gasteiger partial charge < -0.3 is 4.74 Å². The Morgan fingerprint density at radius 1 is 1.56 bits per heavy atom. The van der Waals surface area contributed by atoms with Crippen molar-refractivity contribution in [3.63, 3.8) is 0 Å². The molecule has 1 aromatic rings. The third-order valence-corrected chi connectivity index (χ3v) is 2.76. The molecule has 0 fully saturated rings. The topological polar surface area (TPSA) is 50.1 Å². The number of rotatable bonds is 3. The summed E-state index contributed by atoms with van der Waals surface area (Å²) in [6.45, 7) is 2.00. The number of carbonyl (C=O) groups is 1. The number of esters is 1. The first-order valence-corrected chi connectivity index (χ1v) is 5.38. The molecule has 0 aliphatic carbocycles. The molecule has 0 radical (unpaired) electrons. The monoisotopic (exact) mass is 235 g/mol. The molecule has 1 aromatic carbocycles. The van der Waals surface area contributed by atoms with E-state index in [1.807, 2.05) is 13.0 Å². The Kier molecular flexibility index (Phi) is 4.39. The zero-order valence-corrected chi connectivity index (χ0v) is 10.2. The van der Waals surface area contributed by atoms with Crippen LogP contribution in [0.2, 0.25) is 0 Å². The summed E-state index contributed by atoms with van der Waals surface area (Å²) >= 11 is 4.30. The van der Waals surface area contributed by atoms with Crippen molar-refractivity contribution < 1.29 is 9.53 Å². The van der Waals surface area contributed by atoms with Gasteiger partial charge in [-0.1, -0.05) is 6.92 Å². The standard InChI is InChI=1S/C12H13NO2S/c1-3-8-4-9(7-13)10(11(16)5-8)6-12(14)15-2/h4-5,16H,3,6H2,1-2H3. The molecule has 0 aromatic heterocycles. The van der Waals surface area contributed by atoms with Crippen LogP contribution in [0, 0.1) is 11.3 Å². The van der Waals surface area contributed by atoms with Gasteiger partial charge in [-0.3, -0.25) is 4.79 Å². The summed E-state index contributed by atoms with van der Waals surface area (Å²) in [4.78, 5) is 11.9. The minimum Gasteiger partial charge on any atom is -0.469 e. The minimum absolute atomic E-state index is 0.0855. The maximum atomic E-state index is 11.2. The van der Waals surface area contributed by atoms with E-state index in [4.69, 9.17) is 5.26 Å². The molecule has 0 saturated carbocycles. The van der Waals surface area contributed by atoms with Crippen LogP contribution in [0.4, 0.5) is 0 Å². The van der Waals surface area contributed by atoms with Crippen molar-refractivity contribution in [2.45, 2.75) is 24.7 Å². The average Bonchev–Trinajstić information content (AvgIpc) is 2.30. The molecule has 4 heteroatoms. The summed E-state index contributed by atoms with van der Waals surface area (Å²) in [6, 6.07) is 5.75. The molecule has 0 heterocycles. The Morgan fingerprint density at radius 3 is 2.75 bits per heavy atom. The molecule has 0 atom stereocenters. The molecule has 3 nitrogen and oxygen atoms in total. The summed E-state index contributed by atoms with van der Waals surface area (Å²) in [6.07, 6.45) is 0.920. The zero-order chi connectivity index (χ0) is 12.1. The first-order chi connectivity index (χ1) is 7.62. The van der Waals surface area contributed by atoms with E-state index in [9.17, 15) is 4.79 Å². The third kappa shape index (κ3) is 2.77. The van der Waals surface area contributed by atoms with Crippen molar-refractivity contribution in [1.29, 1.82) is 5.26 Å². The van der Waals surface area contributed by atoms with Crippen LogP contribution in [0.5, 0.6) is 0 Å². The number of nitriles is 1. The van der Waals surface area contributed by atoms with E-state index in [1.165, 1.54) is 7.11 Å². The second-order valence-corrected chi connectivity index (χ2v) is 3.84. The second-order valence-electron chi connectivity index (χ2n) is 3.36. The fourth-order valence-electron chi connectivity index (χ4n) is 1.42. The van der Waals surface area contributed by atoms with Gasteiger partial charge in [-0.25, -0.2) is 0 Å². The smallest absolute Gasteiger partial charge is 0.310 e. The van der Waals surface area contributed by atoms with E-state index in [0.717, 1.165) is 12.0 Å². The Labute approximate surface area is 100 Å². The number of methoxy groups -OCH3 is 1. The zero-order valence-electron chi connectivity index (χ0n) is 9.28. The van der Waals surface area contributed by atoms with Crippen molar-refractivity contribution in [1.82, 2.24) is 0 Å².